The highest BCUT2D eigenvalue weighted by Crippen LogP contribution is 2.48. The molecule has 8 heteroatoms. The Balaban J connectivity index is 1.34. The molecule has 0 spiro atoms. The van der Waals surface area contributed by atoms with Crippen LogP contribution in [0, 0.1) is 0 Å². The molecule has 4 atom stereocenters. The van der Waals surface area contributed by atoms with Crippen LogP contribution in [0.25, 0.3) is 0 Å². The molecule has 5 aromatic carbocycles. The second-order valence-electron chi connectivity index (χ2n) is 11.5. The van der Waals surface area contributed by atoms with Crippen molar-refractivity contribution in [1.29, 1.82) is 0 Å². The van der Waals surface area contributed by atoms with Crippen LogP contribution in [-0.4, -0.2) is 28.7 Å². The van der Waals surface area contributed by atoms with Crippen LogP contribution in [0.1, 0.15) is 68.2 Å². The van der Waals surface area contributed by atoms with E-state index in [1.165, 1.54) is 6.92 Å². The number of carbonyl (C=O) groups excluding carboxylic acids is 2. The first-order valence-corrected chi connectivity index (χ1v) is 16.4. The molecule has 1 fully saturated rings. The highest BCUT2D eigenvalue weighted by Gasteiger charge is 2.42. The fourth-order valence-electron chi connectivity index (χ4n) is 5.78. The number of ether oxygens (including phenoxy) is 2. The van der Waals surface area contributed by atoms with Crippen molar-refractivity contribution >= 4 is 34.8 Å². The number of carbonyl (C=O) groups is 2. The zero-order chi connectivity index (χ0) is 32.8. The van der Waals surface area contributed by atoms with E-state index >= 15 is 0 Å². The summed E-state index contributed by atoms with van der Waals surface area (Å²) in [6, 6.07) is 39.9. The summed E-state index contributed by atoms with van der Waals surface area (Å²) in [5.74, 6) is 0.0517. The predicted octanol–water partition coefficient (Wildman–Crippen LogP) is 7.95. The summed E-state index contributed by atoms with van der Waals surface area (Å²) >= 11 is 1.64. The van der Waals surface area contributed by atoms with Crippen LogP contribution in [0.2, 0.25) is 0 Å². The van der Waals surface area contributed by atoms with Gasteiger partial charge in [0.15, 0.2) is 12.1 Å². The number of para-hydroxylation sites is 1. The summed E-state index contributed by atoms with van der Waals surface area (Å²) in [6.45, 7) is 1.44. The first-order valence-electron chi connectivity index (χ1n) is 15.4. The number of anilines is 2. The third-order valence-corrected chi connectivity index (χ3v) is 9.42. The highest BCUT2D eigenvalue weighted by molar-refractivity contribution is 7.99. The summed E-state index contributed by atoms with van der Waals surface area (Å²) in [7, 11) is 0. The first-order chi connectivity index (χ1) is 22.9. The number of nitrogens with two attached hydrogens (primary N) is 1. The van der Waals surface area contributed by atoms with Gasteiger partial charge in [-0.25, -0.2) is 0 Å². The van der Waals surface area contributed by atoms with E-state index in [0.29, 0.717) is 33.8 Å². The second-order valence-corrected chi connectivity index (χ2v) is 12.5. The van der Waals surface area contributed by atoms with Crippen LogP contribution >= 0.6 is 11.8 Å². The maximum Gasteiger partial charge on any atom is 0.255 e. The van der Waals surface area contributed by atoms with E-state index in [1.54, 1.807) is 48.2 Å². The van der Waals surface area contributed by atoms with Gasteiger partial charge in [0, 0.05) is 44.6 Å². The topological polar surface area (TPSA) is 111 Å². The maximum absolute atomic E-state index is 13.4. The van der Waals surface area contributed by atoms with Crippen molar-refractivity contribution in [2.24, 2.45) is 0 Å². The average molecular weight is 645 g/mol. The van der Waals surface area contributed by atoms with E-state index in [0.717, 1.165) is 21.6 Å². The summed E-state index contributed by atoms with van der Waals surface area (Å²) < 4.78 is 13.6. The molecule has 4 N–H and O–H groups in total. The number of amides is 1. The number of benzene rings is 5. The Kier molecular flexibility index (Phi) is 10.1. The van der Waals surface area contributed by atoms with Gasteiger partial charge in [-0.1, -0.05) is 91.0 Å². The van der Waals surface area contributed by atoms with Gasteiger partial charge in [-0.15, -0.1) is 11.8 Å². The lowest BCUT2D eigenvalue weighted by molar-refractivity contribution is -0.255. The van der Waals surface area contributed by atoms with Crippen molar-refractivity contribution in [3.63, 3.8) is 0 Å². The highest BCUT2D eigenvalue weighted by atomic mass is 32.2. The number of aliphatic hydroxyl groups excluding tert-OH is 1. The Bertz CT molecular complexity index is 1850. The second kappa shape index (κ2) is 14.8. The minimum atomic E-state index is -0.773. The Morgan fingerprint density at radius 1 is 0.766 bits per heavy atom. The minimum absolute atomic E-state index is 0.0503. The van der Waals surface area contributed by atoms with Crippen molar-refractivity contribution in [3.8, 4) is 0 Å². The molecule has 6 rings (SSSR count). The lowest BCUT2D eigenvalue weighted by Gasteiger charge is -2.43. The van der Waals surface area contributed by atoms with Gasteiger partial charge >= 0.3 is 0 Å². The minimum Gasteiger partial charge on any atom is -0.398 e. The van der Waals surface area contributed by atoms with Crippen molar-refractivity contribution in [3.05, 3.63) is 161 Å². The van der Waals surface area contributed by atoms with Gasteiger partial charge in [0.1, 0.15) is 0 Å². The summed E-state index contributed by atoms with van der Waals surface area (Å²) in [5.41, 5.74) is 12.1. The van der Waals surface area contributed by atoms with Gasteiger partial charge in [-0.05, 0) is 60.0 Å². The van der Waals surface area contributed by atoms with Crippen molar-refractivity contribution < 1.29 is 24.2 Å². The Morgan fingerprint density at radius 2 is 1.47 bits per heavy atom. The molecule has 5 aromatic rings. The number of thioether (sulfide) groups is 1. The van der Waals surface area contributed by atoms with Gasteiger partial charge in [-0.3, -0.25) is 9.59 Å². The molecule has 0 bridgehead atoms. The number of nitrogens with one attached hydrogen (secondary N) is 1. The lowest BCUT2D eigenvalue weighted by Crippen LogP contribution is -2.38. The molecule has 47 heavy (non-hydrogen) atoms. The van der Waals surface area contributed by atoms with Crippen LogP contribution in [0.3, 0.4) is 0 Å². The Labute approximate surface area is 278 Å². The molecule has 1 unspecified atom stereocenters. The zero-order valence-corrected chi connectivity index (χ0v) is 26.7. The van der Waals surface area contributed by atoms with E-state index in [2.05, 4.69) is 17.4 Å². The largest absolute Gasteiger partial charge is 0.398 e. The molecule has 7 nitrogen and oxygen atoms in total. The normalized spacial score (nSPS) is 19.2. The monoisotopic (exact) mass is 644 g/mol. The molecule has 0 aromatic heterocycles. The van der Waals surface area contributed by atoms with Gasteiger partial charge in [0.05, 0.1) is 18.8 Å². The number of hydrogen-bond donors (Lipinski definition) is 3. The molecule has 0 aliphatic carbocycles. The smallest absolute Gasteiger partial charge is 0.255 e. The zero-order valence-electron chi connectivity index (χ0n) is 25.9. The molecule has 1 heterocycles. The quantitative estimate of drug-likeness (QED) is 0.0804. The number of nitrogen functional groups attached to an aromatic ring is 1. The third-order valence-electron chi connectivity index (χ3n) is 8.24. The lowest BCUT2D eigenvalue weighted by atomic mass is 9.84. The predicted molar refractivity (Wildman–Crippen MR) is 185 cm³/mol. The molecular weight excluding hydrogens is 609 g/mol. The van der Waals surface area contributed by atoms with Crippen molar-refractivity contribution in [1.82, 2.24) is 0 Å². The van der Waals surface area contributed by atoms with Crippen LogP contribution in [0.4, 0.5) is 11.4 Å². The number of Topliss-reactive ketones (excluding diaryl/α,β-unsaturated/α-hetero) is 1. The Morgan fingerprint density at radius 3 is 2.21 bits per heavy atom. The fourth-order valence-corrected chi connectivity index (χ4v) is 6.82. The number of hydrogen-bond acceptors (Lipinski definition) is 7. The molecule has 0 radical (unpaired) electrons. The number of aliphatic hydroxyl groups is 1. The molecule has 1 aliphatic rings. The Hall–Kier alpha value is -4.73. The summed E-state index contributed by atoms with van der Waals surface area (Å²) in [6.07, 6.45) is -1.46. The van der Waals surface area contributed by atoms with Gasteiger partial charge in [0.2, 0.25) is 0 Å². The molecular formula is C39H36N2O5S. The number of ketones is 1. The summed E-state index contributed by atoms with van der Waals surface area (Å²) in [5, 5.41) is 12.6. The van der Waals surface area contributed by atoms with Gasteiger partial charge in [0.25, 0.3) is 5.91 Å². The van der Waals surface area contributed by atoms with Crippen molar-refractivity contribution in [2.45, 2.75) is 42.8 Å². The van der Waals surface area contributed by atoms with Crippen LogP contribution < -0.4 is 11.1 Å². The van der Waals surface area contributed by atoms with E-state index in [4.69, 9.17) is 15.2 Å². The molecule has 1 aliphatic heterocycles. The molecule has 1 saturated heterocycles. The molecule has 0 saturated carbocycles. The standard InChI is InChI=1S/C39H36N2O5S/c1-25(43)29-11-8-14-32(22-29)41-38(44)30-12-7-13-31(21-30)39-45-34(24-47-35-16-6-5-15-33(35)40)36(27-9-3-2-4-10-27)37(46-39)28-19-17-26(23-42)18-20-28/h2-22,34,36-37,39,42H,23-24,40H2,1H3,(H,41,44)/t34-,36-,37+,39?/m1/s1. The SMILES string of the molecule is CC(=O)c1cccc(NC(=O)c2cccc(C3O[C@H](CSc4ccccc4N)[C@@H](c4ccccc4)[C@H](c4ccc(CO)cc4)O3)c2)c1. The maximum atomic E-state index is 13.4. The van der Waals surface area contributed by atoms with Crippen LogP contribution in [-0.2, 0) is 16.1 Å². The van der Waals surface area contributed by atoms with Crippen LogP contribution in [0.5, 0.6) is 0 Å². The van der Waals surface area contributed by atoms with E-state index < -0.39 is 12.4 Å². The van der Waals surface area contributed by atoms with Gasteiger partial charge < -0.3 is 25.6 Å². The average Bonchev–Trinajstić information content (AvgIpc) is 3.11. The van der Waals surface area contributed by atoms with Gasteiger partial charge in [-0.2, -0.15) is 0 Å². The van der Waals surface area contributed by atoms with E-state index in [1.807, 2.05) is 78.9 Å². The summed E-state index contributed by atoms with van der Waals surface area (Å²) in [4.78, 5) is 26.2. The van der Waals surface area contributed by atoms with E-state index in [-0.39, 0.29) is 30.3 Å². The number of rotatable bonds is 10. The fraction of sp³-hybridized carbons (Fsp3) is 0.179. The first kappa shape index (κ1) is 32.2. The third kappa shape index (κ3) is 7.64. The molecule has 1 amide bonds. The van der Waals surface area contributed by atoms with E-state index in [9.17, 15) is 14.7 Å². The van der Waals surface area contributed by atoms with Crippen LogP contribution in [0.15, 0.2) is 132 Å². The molecule has 238 valence electrons. The van der Waals surface area contributed by atoms with Crippen molar-refractivity contribution in [2.75, 3.05) is 16.8 Å².